The molecule has 0 spiro atoms. The number of hydrogen-bond donors (Lipinski definition) is 2. The van der Waals surface area contributed by atoms with Crippen molar-refractivity contribution in [1.29, 1.82) is 0 Å². The number of anilines is 1. The number of amides is 1. The van der Waals surface area contributed by atoms with Gasteiger partial charge in [0.1, 0.15) is 11.5 Å². The standard InChI is InChI=1S/C16H16ClNO3/c1-11-3-2-4-13(9-11)21-8-7-16(20)18-12-5-6-15(19)14(17)10-12/h2-6,9-10,19H,7-8H2,1H3,(H,18,20). The van der Waals surface area contributed by atoms with Crippen molar-refractivity contribution in [3.63, 3.8) is 0 Å². The Morgan fingerprint density at radius 3 is 2.81 bits per heavy atom. The highest BCUT2D eigenvalue weighted by Gasteiger charge is 2.05. The number of carbonyl (C=O) groups is 1. The highest BCUT2D eigenvalue weighted by Crippen LogP contribution is 2.26. The van der Waals surface area contributed by atoms with E-state index >= 15 is 0 Å². The van der Waals surface area contributed by atoms with Gasteiger partial charge in [0.15, 0.2) is 0 Å². The lowest BCUT2D eigenvalue weighted by atomic mass is 10.2. The molecule has 0 aromatic heterocycles. The average Bonchev–Trinajstić information content (AvgIpc) is 2.43. The van der Waals surface area contributed by atoms with Crippen molar-refractivity contribution in [2.24, 2.45) is 0 Å². The normalized spacial score (nSPS) is 10.2. The van der Waals surface area contributed by atoms with E-state index in [1.165, 1.54) is 12.1 Å². The van der Waals surface area contributed by atoms with E-state index in [1.54, 1.807) is 6.07 Å². The van der Waals surface area contributed by atoms with Crippen LogP contribution in [0.4, 0.5) is 5.69 Å². The van der Waals surface area contributed by atoms with E-state index < -0.39 is 0 Å². The average molecular weight is 306 g/mol. The van der Waals surface area contributed by atoms with Crippen LogP contribution in [-0.2, 0) is 4.79 Å². The molecule has 4 nitrogen and oxygen atoms in total. The molecule has 0 bridgehead atoms. The molecule has 2 rings (SSSR count). The predicted molar refractivity (Wildman–Crippen MR) is 83.0 cm³/mol. The number of nitrogens with one attached hydrogen (secondary N) is 1. The molecule has 2 aromatic carbocycles. The molecule has 2 N–H and O–H groups in total. The maximum Gasteiger partial charge on any atom is 0.227 e. The van der Waals surface area contributed by atoms with Gasteiger partial charge in [0.05, 0.1) is 18.1 Å². The van der Waals surface area contributed by atoms with E-state index in [9.17, 15) is 9.90 Å². The molecule has 0 aliphatic carbocycles. The number of rotatable bonds is 5. The van der Waals surface area contributed by atoms with Gasteiger partial charge in [-0.15, -0.1) is 0 Å². The van der Waals surface area contributed by atoms with Gasteiger partial charge >= 0.3 is 0 Å². The number of hydrogen-bond acceptors (Lipinski definition) is 3. The van der Waals surface area contributed by atoms with Gasteiger partial charge in [-0.3, -0.25) is 4.79 Å². The molecule has 0 aliphatic rings. The molecular formula is C16H16ClNO3. The van der Waals surface area contributed by atoms with Crippen LogP contribution in [-0.4, -0.2) is 17.6 Å². The summed E-state index contributed by atoms with van der Waals surface area (Å²) in [5.41, 5.74) is 1.65. The van der Waals surface area contributed by atoms with Crippen LogP contribution in [0.2, 0.25) is 5.02 Å². The second kappa shape index (κ2) is 6.99. The third-order valence-corrected chi connectivity index (χ3v) is 3.12. The van der Waals surface area contributed by atoms with Gasteiger partial charge in [0.25, 0.3) is 0 Å². The largest absolute Gasteiger partial charge is 0.506 e. The van der Waals surface area contributed by atoms with Gasteiger partial charge in [0, 0.05) is 5.69 Å². The zero-order chi connectivity index (χ0) is 15.2. The Kier molecular flexibility index (Phi) is 5.06. The van der Waals surface area contributed by atoms with Gasteiger partial charge in [-0.1, -0.05) is 23.7 Å². The first-order valence-corrected chi connectivity index (χ1v) is 6.90. The summed E-state index contributed by atoms with van der Waals surface area (Å²) in [6.45, 7) is 2.27. The number of phenolic OH excluding ortho intramolecular Hbond substituents is 1. The number of carbonyl (C=O) groups excluding carboxylic acids is 1. The maximum absolute atomic E-state index is 11.8. The minimum absolute atomic E-state index is 0.0163. The molecule has 0 unspecified atom stereocenters. The van der Waals surface area contributed by atoms with Crippen molar-refractivity contribution >= 4 is 23.2 Å². The fraction of sp³-hybridized carbons (Fsp3) is 0.188. The number of halogens is 1. The third-order valence-electron chi connectivity index (χ3n) is 2.82. The summed E-state index contributed by atoms with van der Waals surface area (Å²) in [5, 5.41) is 12.2. The molecule has 0 aliphatic heterocycles. The first kappa shape index (κ1) is 15.2. The molecule has 0 atom stereocenters. The van der Waals surface area contributed by atoms with Gasteiger partial charge in [-0.2, -0.15) is 0 Å². The van der Waals surface area contributed by atoms with E-state index in [1.807, 2.05) is 31.2 Å². The molecule has 0 heterocycles. The van der Waals surface area contributed by atoms with Crippen LogP contribution in [0.15, 0.2) is 42.5 Å². The molecule has 2 aromatic rings. The lowest BCUT2D eigenvalue weighted by Crippen LogP contribution is -2.15. The highest BCUT2D eigenvalue weighted by atomic mass is 35.5. The topological polar surface area (TPSA) is 58.6 Å². The summed E-state index contributed by atoms with van der Waals surface area (Å²) in [6.07, 6.45) is 0.229. The fourth-order valence-electron chi connectivity index (χ4n) is 1.77. The van der Waals surface area contributed by atoms with E-state index in [4.69, 9.17) is 16.3 Å². The summed E-state index contributed by atoms with van der Waals surface area (Å²) in [4.78, 5) is 11.8. The molecular weight excluding hydrogens is 290 g/mol. The number of aromatic hydroxyl groups is 1. The van der Waals surface area contributed by atoms with Crippen LogP contribution in [0.1, 0.15) is 12.0 Å². The Hall–Kier alpha value is -2.20. The van der Waals surface area contributed by atoms with Crippen molar-refractivity contribution < 1.29 is 14.6 Å². The van der Waals surface area contributed by atoms with Crippen LogP contribution in [0.3, 0.4) is 0 Å². The van der Waals surface area contributed by atoms with Crippen molar-refractivity contribution in [2.75, 3.05) is 11.9 Å². The monoisotopic (exact) mass is 305 g/mol. The number of phenols is 1. The highest BCUT2D eigenvalue weighted by molar-refractivity contribution is 6.32. The lowest BCUT2D eigenvalue weighted by molar-refractivity contribution is -0.116. The molecule has 21 heavy (non-hydrogen) atoms. The third kappa shape index (κ3) is 4.68. The van der Waals surface area contributed by atoms with Crippen LogP contribution in [0, 0.1) is 6.92 Å². The summed E-state index contributed by atoms with van der Waals surface area (Å²) >= 11 is 5.77. The predicted octanol–water partition coefficient (Wildman–Crippen LogP) is 3.76. The lowest BCUT2D eigenvalue weighted by Gasteiger charge is -2.08. The number of aryl methyl sites for hydroxylation is 1. The SMILES string of the molecule is Cc1cccc(OCCC(=O)Nc2ccc(O)c(Cl)c2)c1. The summed E-state index contributed by atoms with van der Waals surface area (Å²) in [6, 6.07) is 12.2. The van der Waals surface area contributed by atoms with Crippen LogP contribution >= 0.6 is 11.6 Å². The zero-order valence-electron chi connectivity index (χ0n) is 11.6. The quantitative estimate of drug-likeness (QED) is 0.827. The molecule has 110 valence electrons. The molecule has 0 radical (unpaired) electrons. The van der Waals surface area contributed by atoms with Gasteiger partial charge in [-0.05, 0) is 42.8 Å². The Balaban J connectivity index is 1.81. The first-order valence-electron chi connectivity index (χ1n) is 6.52. The Labute approximate surface area is 128 Å². The maximum atomic E-state index is 11.8. The van der Waals surface area contributed by atoms with E-state index in [0.717, 1.165) is 11.3 Å². The van der Waals surface area contributed by atoms with E-state index in [-0.39, 0.29) is 23.1 Å². The summed E-state index contributed by atoms with van der Waals surface area (Å²) < 4.78 is 5.51. The first-order chi connectivity index (χ1) is 10.0. The molecule has 5 heteroatoms. The molecule has 0 fully saturated rings. The van der Waals surface area contributed by atoms with Gasteiger partial charge in [0.2, 0.25) is 5.91 Å². The van der Waals surface area contributed by atoms with Crippen LogP contribution in [0.5, 0.6) is 11.5 Å². The van der Waals surface area contributed by atoms with Crippen molar-refractivity contribution in [3.8, 4) is 11.5 Å². The summed E-state index contributed by atoms with van der Waals surface area (Å²) in [5.74, 6) is 0.553. The van der Waals surface area contributed by atoms with Crippen LogP contribution in [0.25, 0.3) is 0 Å². The van der Waals surface area contributed by atoms with Gasteiger partial charge < -0.3 is 15.2 Å². The smallest absolute Gasteiger partial charge is 0.227 e. The van der Waals surface area contributed by atoms with Crippen molar-refractivity contribution in [3.05, 3.63) is 53.1 Å². The minimum Gasteiger partial charge on any atom is -0.506 e. The molecule has 1 amide bonds. The minimum atomic E-state index is -0.176. The van der Waals surface area contributed by atoms with Crippen molar-refractivity contribution in [2.45, 2.75) is 13.3 Å². The zero-order valence-corrected chi connectivity index (χ0v) is 12.4. The van der Waals surface area contributed by atoms with E-state index in [2.05, 4.69) is 5.32 Å². The van der Waals surface area contributed by atoms with Crippen molar-refractivity contribution in [1.82, 2.24) is 0 Å². The molecule has 0 saturated heterocycles. The Morgan fingerprint density at radius 2 is 2.10 bits per heavy atom. The van der Waals surface area contributed by atoms with Crippen LogP contribution < -0.4 is 10.1 Å². The van der Waals surface area contributed by atoms with E-state index in [0.29, 0.717) is 12.3 Å². The van der Waals surface area contributed by atoms with Gasteiger partial charge in [-0.25, -0.2) is 0 Å². The Bertz CT molecular complexity index is 643. The fourth-order valence-corrected chi connectivity index (χ4v) is 1.96. The Morgan fingerprint density at radius 1 is 1.29 bits per heavy atom. The summed E-state index contributed by atoms with van der Waals surface area (Å²) in [7, 11) is 0. The number of benzene rings is 2. The second-order valence-electron chi connectivity index (χ2n) is 4.63. The molecule has 0 saturated carbocycles. The second-order valence-corrected chi connectivity index (χ2v) is 5.04. The number of ether oxygens (including phenoxy) is 1.